The van der Waals surface area contributed by atoms with Crippen LogP contribution in [-0.4, -0.2) is 18.3 Å². The Bertz CT molecular complexity index is 863. The number of carbonyl (C=O) groups is 1. The van der Waals surface area contributed by atoms with Gasteiger partial charge in [-0.3, -0.25) is 4.79 Å². The molecular formula is C20H19NO2S. The van der Waals surface area contributed by atoms with Gasteiger partial charge in [-0.25, -0.2) is 0 Å². The molecule has 0 radical (unpaired) electrons. The van der Waals surface area contributed by atoms with E-state index in [1.54, 1.807) is 18.7 Å². The minimum Gasteiger partial charge on any atom is -0.481 e. The molecule has 0 aliphatic heterocycles. The number of benzene rings is 3. The standard InChI is InChI=1S/C20H19NO2S/c1-14(20(22)21-17-8-5-9-19(13-17)24-2)23-18-11-10-15-6-3-4-7-16(15)12-18/h3-14H,1-2H3,(H,21,22). The first-order valence-corrected chi connectivity index (χ1v) is 8.98. The third kappa shape index (κ3) is 3.89. The molecule has 0 aliphatic rings. The van der Waals surface area contributed by atoms with E-state index in [-0.39, 0.29) is 5.91 Å². The number of hydrogen-bond donors (Lipinski definition) is 1. The van der Waals surface area contributed by atoms with Crippen molar-refractivity contribution < 1.29 is 9.53 Å². The molecule has 0 heterocycles. The molecule has 3 nitrogen and oxygen atoms in total. The smallest absolute Gasteiger partial charge is 0.265 e. The third-order valence-corrected chi connectivity index (χ3v) is 4.47. The second kappa shape index (κ2) is 7.41. The zero-order chi connectivity index (χ0) is 16.9. The zero-order valence-electron chi connectivity index (χ0n) is 13.7. The average molecular weight is 337 g/mol. The van der Waals surface area contributed by atoms with Crippen LogP contribution in [-0.2, 0) is 4.79 Å². The van der Waals surface area contributed by atoms with Crippen LogP contribution in [0.25, 0.3) is 10.8 Å². The number of nitrogens with one attached hydrogen (secondary N) is 1. The molecule has 3 aromatic rings. The van der Waals surface area contributed by atoms with Gasteiger partial charge in [-0.05, 0) is 54.3 Å². The maximum absolute atomic E-state index is 12.3. The lowest BCUT2D eigenvalue weighted by molar-refractivity contribution is -0.122. The van der Waals surface area contributed by atoms with E-state index in [1.165, 1.54) is 0 Å². The number of thioether (sulfide) groups is 1. The van der Waals surface area contributed by atoms with Crippen molar-refractivity contribution in [1.29, 1.82) is 0 Å². The van der Waals surface area contributed by atoms with E-state index in [4.69, 9.17) is 4.74 Å². The van der Waals surface area contributed by atoms with Crippen molar-refractivity contribution in [2.75, 3.05) is 11.6 Å². The molecule has 0 bridgehead atoms. The van der Waals surface area contributed by atoms with Crippen LogP contribution < -0.4 is 10.1 Å². The average Bonchev–Trinajstić information content (AvgIpc) is 2.61. The van der Waals surface area contributed by atoms with Crippen molar-refractivity contribution in [3.63, 3.8) is 0 Å². The number of amides is 1. The fourth-order valence-corrected chi connectivity index (χ4v) is 2.90. The number of hydrogen-bond acceptors (Lipinski definition) is 3. The summed E-state index contributed by atoms with van der Waals surface area (Å²) in [6.07, 6.45) is 1.43. The number of ether oxygens (including phenoxy) is 1. The SMILES string of the molecule is CSc1cccc(NC(=O)C(C)Oc2ccc3ccccc3c2)c1. The fourth-order valence-electron chi connectivity index (χ4n) is 2.44. The van der Waals surface area contributed by atoms with Crippen molar-refractivity contribution in [2.24, 2.45) is 0 Å². The molecule has 1 atom stereocenters. The van der Waals surface area contributed by atoms with Gasteiger partial charge in [-0.15, -0.1) is 11.8 Å². The van der Waals surface area contributed by atoms with Gasteiger partial charge in [-0.2, -0.15) is 0 Å². The Morgan fingerprint density at radius 2 is 1.79 bits per heavy atom. The lowest BCUT2D eigenvalue weighted by atomic mass is 10.1. The van der Waals surface area contributed by atoms with Gasteiger partial charge in [0.15, 0.2) is 6.10 Å². The van der Waals surface area contributed by atoms with E-state index in [1.807, 2.05) is 73.0 Å². The summed E-state index contributed by atoms with van der Waals surface area (Å²) in [5.74, 6) is 0.524. The lowest BCUT2D eigenvalue weighted by Crippen LogP contribution is -2.30. The van der Waals surface area contributed by atoms with Gasteiger partial charge in [0.05, 0.1) is 0 Å². The summed E-state index contributed by atoms with van der Waals surface area (Å²) >= 11 is 1.64. The second-order valence-corrected chi connectivity index (χ2v) is 6.37. The molecule has 1 unspecified atom stereocenters. The van der Waals surface area contributed by atoms with Crippen LogP contribution in [0.1, 0.15) is 6.92 Å². The molecule has 1 amide bonds. The summed E-state index contributed by atoms with van der Waals surface area (Å²) in [6.45, 7) is 1.75. The van der Waals surface area contributed by atoms with Crippen LogP contribution in [0.3, 0.4) is 0 Å². The van der Waals surface area contributed by atoms with Crippen molar-refractivity contribution in [2.45, 2.75) is 17.9 Å². The van der Waals surface area contributed by atoms with Crippen LogP contribution in [0.15, 0.2) is 71.6 Å². The van der Waals surface area contributed by atoms with Gasteiger partial charge in [0.25, 0.3) is 5.91 Å². The molecule has 0 spiro atoms. The fraction of sp³-hybridized carbons (Fsp3) is 0.150. The Morgan fingerprint density at radius 3 is 2.58 bits per heavy atom. The molecule has 4 heteroatoms. The Labute approximate surface area is 146 Å². The van der Waals surface area contributed by atoms with Crippen molar-refractivity contribution >= 4 is 34.1 Å². The number of anilines is 1. The molecule has 122 valence electrons. The molecule has 3 aromatic carbocycles. The molecule has 0 fully saturated rings. The number of carbonyl (C=O) groups excluding carboxylic acids is 1. The van der Waals surface area contributed by atoms with Crippen molar-refractivity contribution in [3.05, 3.63) is 66.7 Å². The summed E-state index contributed by atoms with van der Waals surface area (Å²) in [5.41, 5.74) is 0.779. The Morgan fingerprint density at radius 1 is 1.00 bits per heavy atom. The molecule has 24 heavy (non-hydrogen) atoms. The maximum Gasteiger partial charge on any atom is 0.265 e. The van der Waals surface area contributed by atoms with Gasteiger partial charge in [0.1, 0.15) is 5.75 Å². The molecule has 0 aromatic heterocycles. The molecule has 0 aliphatic carbocycles. The lowest BCUT2D eigenvalue weighted by Gasteiger charge is -2.15. The Balaban J connectivity index is 1.68. The first-order valence-electron chi connectivity index (χ1n) is 7.76. The van der Waals surface area contributed by atoms with Gasteiger partial charge in [0, 0.05) is 10.6 Å². The van der Waals surface area contributed by atoms with E-state index in [0.29, 0.717) is 5.75 Å². The van der Waals surface area contributed by atoms with Crippen LogP contribution in [0.5, 0.6) is 5.75 Å². The first-order chi connectivity index (χ1) is 11.7. The van der Waals surface area contributed by atoms with Crippen LogP contribution >= 0.6 is 11.8 Å². The highest BCUT2D eigenvalue weighted by Crippen LogP contribution is 2.22. The monoisotopic (exact) mass is 337 g/mol. The minimum absolute atomic E-state index is 0.165. The molecule has 1 N–H and O–H groups in total. The molecule has 0 saturated heterocycles. The zero-order valence-corrected chi connectivity index (χ0v) is 14.5. The highest BCUT2D eigenvalue weighted by Gasteiger charge is 2.15. The van der Waals surface area contributed by atoms with E-state index in [9.17, 15) is 4.79 Å². The van der Waals surface area contributed by atoms with Crippen molar-refractivity contribution in [1.82, 2.24) is 0 Å². The largest absolute Gasteiger partial charge is 0.481 e. The van der Waals surface area contributed by atoms with E-state index in [0.717, 1.165) is 21.4 Å². The molecule has 3 rings (SSSR count). The Hall–Kier alpha value is -2.46. The van der Waals surface area contributed by atoms with E-state index < -0.39 is 6.10 Å². The highest BCUT2D eigenvalue weighted by molar-refractivity contribution is 7.98. The van der Waals surface area contributed by atoms with Gasteiger partial charge in [-0.1, -0.05) is 36.4 Å². The molecular weight excluding hydrogens is 318 g/mol. The van der Waals surface area contributed by atoms with Crippen LogP contribution in [0.4, 0.5) is 5.69 Å². The maximum atomic E-state index is 12.3. The number of fused-ring (bicyclic) bond motifs is 1. The summed E-state index contributed by atoms with van der Waals surface area (Å²) in [4.78, 5) is 13.4. The predicted molar refractivity (Wildman–Crippen MR) is 101 cm³/mol. The Kier molecular flexibility index (Phi) is 5.06. The first kappa shape index (κ1) is 16.4. The highest BCUT2D eigenvalue weighted by atomic mass is 32.2. The summed E-state index contributed by atoms with van der Waals surface area (Å²) in [5, 5.41) is 5.14. The van der Waals surface area contributed by atoms with E-state index >= 15 is 0 Å². The topological polar surface area (TPSA) is 38.3 Å². The van der Waals surface area contributed by atoms with Crippen LogP contribution in [0.2, 0.25) is 0 Å². The van der Waals surface area contributed by atoms with Gasteiger partial charge in [0.2, 0.25) is 0 Å². The molecule has 0 saturated carbocycles. The normalized spacial score (nSPS) is 11.9. The van der Waals surface area contributed by atoms with Gasteiger partial charge >= 0.3 is 0 Å². The van der Waals surface area contributed by atoms with Crippen LogP contribution in [0, 0.1) is 0 Å². The summed E-state index contributed by atoms with van der Waals surface area (Å²) in [7, 11) is 0. The summed E-state index contributed by atoms with van der Waals surface area (Å²) in [6, 6.07) is 21.7. The third-order valence-electron chi connectivity index (χ3n) is 3.74. The second-order valence-electron chi connectivity index (χ2n) is 5.49. The van der Waals surface area contributed by atoms with E-state index in [2.05, 4.69) is 5.32 Å². The summed E-state index contributed by atoms with van der Waals surface area (Å²) < 4.78 is 5.80. The predicted octanol–water partition coefficient (Wildman–Crippen LogP) is 4.97. The number of rotatable bonds is 5. The minimum atomic E-state index is -0.580. The quantitative estimate of drug-likeness (QED) is 0.668. The van der Waals surface area contributed by atoms with Crippen molar-refractivity contribution in [3.8, 4) is 5.75 Å². The van der Waals surface area contributed by atoms with Gasteiger partial charge < -0.3 is 10.1 Å².